The van der Waals surface area contributed by atoms with Crippen LogP contribution in [0.15, 0.2) is 24.3 Å². The van der Waals surface area contributed by atoms with Crippen LogP contribution in [-0.2, 0) is 9.53 Å². The molecule has 5 nitrogen and oxygen atoms in total. The number of ether oxygens (including phenoxy) is 1. The van der Waals surface area contributed by atoms with Crippen molar-refractivity contribution in [1.82, 2.24) is 0 Å². The van der Waals surface area contributed by atoms with Gasteiger partial charge < -0.3 is 9.84 Å². The van der Waals surface area contributed by atoms with Crippen LogP contribution in [0.5, 0.6) is 0 Å². The van der Waals surface area contributed by atoms with Gasteiger partial charge >= 0.3 is 12.1 Å². The first-order valence-electron chi connectivity index (χ1n) is 4.54. The van der Waals surface area contributed by atoms with Gasteiger partial charge in [0.05, 0.1) is 6.54 Å². The van der Waals surface area contributed by atoms with E-state index in [0.29, 0.717) is 10.7 Å². The smallest absolute Gasteiger partial charge is 0.415 e. The van der Waals surface area contributed by atoms with Crippen LogP contribution in [0.25, 0.3) is 0 Å². The van der Waals surface area contributed by atoms with E-state index in [2.05, 4.69) is 4.74 Å². The molecule has 2 rings (SSSR count). The zero-order valence-corrected chi connectivity index (χ0v) is 8.85. The number of rotatable bonds is 2. The van der Waals surface area contributed by atoms with Crippen LogP contribution in [-0.4, -0.2) is 29.8 Å². The summed E-state index contributed by atoms with van der Waals surface area (Å²) in [5, 5.41) is 9.20. The summed E-state index contributed by atoms with van der Waals surface area (Å²) in [7, 11) is 0. The summed E-state index contributed by atoms with van der Waals surface area (Å²) in [5.41, 5.74) is 0.529. The van der Waals surface area contributed by atoms with Crippen molar-refractivity contribution in [3.8, 4) is 0 Å². The number of carboxylic acids is 1. The Kier molecular flexibility index (Phi) is 2.70. The predicted octanol–water partition coefficient (Wildman–Crippen LogP) is 1.75. The second-order valence-corrected chi connectivity index (χ2v) is 3.74. The number of hydrogen-bond donors (Lipinski definition) is 1. The Hall–Kier alpha value is -1.75. The topological polar surface area (TPSA) is 66.8 Å². The van der Waals surface area contributed by atoms with Gasteiger partial charge in [0.2, 0.25) is 6.10 Å². The Labute approximate surface area is 96.2 Å². The van der Waals surface area contributed by atoms with Crippen LogP contribution in [0.2, 0.25) is 5.02 Å². The number of cyclic esters (lactones) is 1. The fraction of sp³-hybridized carbons (Fsp3) is 0.200. The fourth-order valence-electron chi connectivity index (χ4n) is 1.45. The van der Waals surface area contributed by atoms with Crippen molar-refractivity contribution in [3.05, 3.63) is 29.3 Å². The van der Waals surface area contributed by atoms with Gasteiger partial charge in [0.25, 0.3) is 0 Å². The number of benzene rings is 1. The zero-order chi connectivity index (χ0) is 11.7. The molecule has 16 heavy (non-hydrogen) atoms. The lowest BCUT2D eigenvalue weighted by Gasteiger charge is -2.12. The molecule has 84 valence electrons. The molecule has 0 unspecified atom stereocenters. The quantitative estimate of drug-likeness (QED) is 0.857. The molecule has 0 aromatic heterocycles. The van der Waals surface area contributed by atoms with Crippen molar-refractivity contribution in [2.24, 2.45) is 0 Å². The molecular formula is C10H8ClNO4. The van der Waals surface area contributed by atoms with Crippen LogP contribution >= 0.6 is 11.6 Å². The monoisotopic (exact) mass is 241 g/mol. The molecule has 1 saturated heterocycles. The van der Waals surface area contributed by atoms with E-state index in [1.54, 1.807) is 24.3 Å². The van der Waals surface area contributed by atoms with Crippen molar-refractivity contribution in [1.29, 1.82) is 0 Å². The highest BCUT2D eigenvalue weighted by Crippen LogP contribution is 2.24. The molecule has 1 aliphatic heterocycles. The van der Waals surface area contributed by atoms with Crippen LogP contribution < -0.4 is 4.90 Å². The number of carbonyl (C=O) groups excluding carboxylic acids is 1. The number of anilines is 1. The van der Waals surface area contributed by atoms with Crippen LogP contribution in [0.4, 0.5) is 10.5 Å². The van der Waals surface area contributed by atoms with Crippen molar-refractivity contribution >= 4 is 29.4 Å². The maximum Gasteiger partial charge on any atom is 0.415 e. The number of carbonyl (C=O) groups is 2. The SMILES string of the molecule is O=C(O)[C@H]1CN(c2cccc(Cl)c2)C(=O)O1. The average molecular weight is 242 g/mol. The second-order valence-electron chi connectivity index (χ2n) is 3.30. The van der Waals surface area contributed by atoms with Gasteiger partial charge in [0, 0.05) is 10.7 Å². The lowest BCUT2D eigenvalue weighted by Crippen LogP contribution is -2.27. The summed E-state index contributed by atoms with van der Waals surface area (Å²) >= 11 is 5.77. The normalized spacial score (nSPS) is 19.7. The third-order valence-electron chi connectivity index (χ3n) is 2.21. The predicted molar refractivity (Wildman–Crippen MR) is 56.7 cm³/mol. The van der Waals surface area contributed by atoms with Crippen LogP contribution in [0, 0.1) is 0 Å². The molecule has 1 aliphatic rings. The highest BCUT2D eigenvalue weighted by atomic mass is 35.5. The molecule has 6 heteroatoms. The minimum atomic E-state index is -1.15. The van der Waals surface area contributed by atoms with Crippen LogP contribution in [0.3, 0.4) is 0 Å². The molecular weight excluding hydrogens is 234 g/mol. The van der Waals surface area contributed by atoms with Gasteiger partial charge in [-0.2, -0.15) is 0 Å². The average Bonchev–Trinajstić information content (AvgIpc) is 2.60. The summed E-state index contributed by atoms with van der Waals surface area (Å²) < 4.78 is 4.67. The highest BCUT2D eigenvalue weighted by Gasteiger charge is 2.36. The van der Waals surface area contributed by atoms with Gasteiger partial charge in [0.1, 0.15) is 0 Å². The summed E-state index contributed by atoms with van der Waals surface area (Å²) in [6.45, 7) is -0.00545. The van der Waals surface area contributed by atoms with E-state index in [1.165, 1.54) is 4.90 Å². The number of nitrogens with zero attached hydrogens (tertiary/aromatic N) is 1. The van der Waals surface area contributed by atoms with E-state index in [-0.39, 0.29) is 6.54 Å². The van der Waals surface area contributed by atoms with Gasteiger partial charge in [-0.15, -0.1) is 0 Å². The Bertz CT molecular complexity index is 448. The Morgan fingerprint density at radius 1 is 1.56 bits per heavy atom. The summed E-state index contributed by atoms with van der Waals surface area (Å²) in [6.07, 6.45) is -1.79. The van der Waals surface area contributed by atoms with Crippen molar-refractivity contribution < 1.29 is 19.4 Å². The Morgan fingerprint density at radius 3 is 2.88 bits per heavy atom. The standard InChI is InChI=1S/C10H8ClNO4/c11-6-2-1-3-7(4-6)12-5-8(9(13)14)16-10(12)15/h1-4,8H,5H2,(H,13,14)/t8-/m1/s1. The van der Waals surface area contributed by atoms with Crippen LogP contribution in [0.1, 0.15) is 0 Å². The maximum absolute atomic E-state index is 11.4. The Balaban J connectivity index is 2.23. The number of halogens is 1. The first kappa shape index (κ1) is 10.8. The van der Waals surface area contributed by atoms with E-state index in [0.717, 1.165) is 0 Å². The molecule has 1 N–H and O–H groups in total. The third kappa shape index (κ3) is 1.94. The van der Waals surface area contributed by atoms with E-state index in [1.807, 2.05) is 0 Å². The molecule has 1 atom stereocenters. The van der Waals surface area contributed by atoms with E-state index >= 15 is 0 Å². The molecule has 1 aromatic carbocycles. The number of aliphatic carboxylic acids is 1. The molecule has 1 fully saturated rings. The summed E-state index contributed by atoms with van der Waals surface area (Å²) in [6, 6.07) is 6.59. The molecule has 1 aromatic rings. The van der Waals surface area contributed by atoms with Gasteiger partial charge in [-0.3, -0.25) is 4.90 Å². The van der Waals surface area contributed by atoms with Gasteiger partial charge in [-0.25, -0.2) is 9.59 Å². The first-order chi connectivity index (χ1) is 7.58. The second kappa shape index (κ2) is 4.02. The first-order valence-corrected chi connectivity index (χ1v) is 4.92. The molecule has 0 aliphatic carbocycles. The number of carboxylic acid groups (broad SMARTS) is 1. The summed E-state index contributed by atoms with van der Waals surface area (Å²) in [5.74, 6) is -1.15. The van der Waals surface area contributed by atoms with Gasteiger partial charge in [-0.05, 0) is 18.2 Å². The largest absolute Gasteiger partial charge is 0.478 e. The molecule has 0 radical (unpaired) electrons. The number of hydrogen-bond acceptors (Lipinski definition) is 3. The van der Waals surface area contributed by atoms with Crippen molar-refractivity contribution in [3.63, 3.8) is 0 Å². The van der Waals surface area contributed by atoms with Crippen molar-refractivity contribution in [2.45, 2.75) is 6.10 Å². The zero-order valence-electron chi connectivity index (χ0n) is 8.09. The molecule has 0 spiro atoms. The molecule has 1 amide bonds. The minimum absolute atomic E-state index is 0.00545. The molecule has 0 bridgehead atoms. The highest BCUT2D eigenvalue weighted by molar-refractivity contribution is 6.30. The molecule has 1 heterocycles. The molecule has 0 saturated carbocycles. The van der Waals surface area contributed by atoms with E-state index < -0.39 is 18.2 Å². The minimum Gasteiger partial charge on any atom is -0.478 e. The fourth-order valence-corrected chi connectivity index (χ4v) is 1.63. The number of amides is 1. The lowest BCUT2D eigenvalue weighted by atomic mass is 10.3. The van der Waals surface area contributed by atoms with E-state index in [9.17, 15) is 9.59 Å². The maximum atomic E-state index is 11.4. The lowest BCUT2D eigenvalue weighted by molar-refractivity contribution is -0.144. The van der Waals surface area contributed by atoms with Crippen molar-refractivity contribution in [2.75, 3.05) is 11.4 Å². The van der Waals surface area contributed by atoms with Gasteiger partial charge in [0.15, 0.2) is 0 Å². The Morgan fingerprint density at radius 2 is 2.31 bits per heavy atom. The van der Waals surface area contributed by atoms with E-state index in [4.69, 9.17) is 16.7 Å². The summed E-state index contributed by atoms with van der Waals surface area (Å²) in [4.78, 5) is 23.3. The third-order valence-corrected chi connectivity index (χ3v) is 2.44. The van der Waals surface area contributed by atoms with Gasteiger partial charge in [-0.1, -0.05) is 17.7 Å².